The molecular weight excluding hydrogens is 246 g/mol. The average molecular weight is 269 g/mol. The van der Waals surface area contributed by atoms with Crippen LogP contribution in [0.4, 0.5) is 11.4 Å². The van der Waals surface area contributed by atoms with Crippen LogP contribution in [0.3, 0.4) is 0 Å². The molecule has 0 amide bonds. The van der Waals surface area contributed by atoms with E-state index < -0.39 is 0 Å². The van der Waals surface area contributed by atoms with Gasteiger partial charge in [-0.05, 0) is 30.9 Å². The van der Waals surface area contributed by atoms with Crippen LogP contribution in [-0.4, -0.2) is 18.6 Å². The molecule has 0 radical (unpaired) electrons. The van der Waals surface area contributed by atoms with Crippen LogP contribution < -0.4 is 10.6 Å². The lowest BCUT2D eigenvalue weighted by Crippen LogP contribution is -2.27. The SMILES string of the molecule is CN(CC1CCCCC1)c1ccc2cnccc2c1N. The average Bonchev–Trinajstić information content (AvgIpc) is 2.49. The first-order valence-electron chi connectivity index (χ1n) is 7.59. The smallest absolute Gasteiger partial charge is 0.0632 e. The summed E-state index contributed by atoms with van der Waals surface area (Å²) >= 11 is 0. The fourth-order valence-electron chi connectivity index (χ4n) is 3.37. The van der Waals surface area contributed by atoms with Crippen molar-refractivity contribution in [3.8, 4) is 0 Å². The van der Waals surface area contributed by atoms with Crippen LogP contribution in [0.5, 0.6) is 0 Å². The highest BCUT2D eigenvalue weighted by Crippen LogP contribution is 2.32. The second-order valence-corrected chi connectivity index (χ2v) is 5.98. The summed E-state index contributed by atoms with van der Waals surface area (Å²) in [5, 5.41) is 2.22. The summed E-state index contributed by atoms with van der Waals surface area (Å²) in [5.74, 6) is 0.821. The van der Waals surface area contributed by atoms with E-state index in [0.29, 0.717) is 0 Å². The van der Waals surface area contributed by atoms with Gasteiger partial charge in [0.2, 0.25) is 0 Å². The van der Waals surface area contributed by atoms with E-state index in [1.807, 2.05) is 18.5 Å². The number of benzene rings is 1. The normalized spacial score (nSPS) is 16.4. The molecule has 2 aromatic rings. The standard InChI is InChI=1S/C17H23N3/c1-20(12-13-5-3-2-4-6-13)16-8-7-14-11-19-10-9-15(14)17(16)18/h7-11,13H,2-6,12,18H2,1H3. The van der Waals surface area contributed by atoms with Gasteiger partial charge in [-0.1, -0.05) is 25.3 Å². The third-order valence-corrected chi connectivity index (χ3v) is 4.51. The van der Waals surface area contributed by atoms with Crippen molar-refractivity contribution in [3.63, 3.8) is 0 Å². The van der Waals surface area contributed by atoms with Crippen molar-refractivity contribution in [1.82, 2.24) is 4.98 Å². The molecule has 106 valence electrons. The summed E-state index contributed by atoms with van der Waals surface area (Å²) in [6, 6.07) is 6.25. The van der Waals surface area contributed by atoms with E-state index in [0.717, 1.165) is 34.6 Å². The molecule has 0 bridgehead atoms. The minimum absolute atomic E-state index is 0.821. The third-order valence-electron chi connectivity index (χ3n) is 4.51. The Labute approximate surface area is 120 Å². The molecule has 0 unspecified atom stereocenters. The van der Waals surface area contributed by atoms with Gasteiger partial charge in [-0.25, -0.2) is 0 Å². The number of nitrogens with zero attached hydrogens (tertiary/aromatic N) is 2. The van der Waals surface area contributed by atoms with E-state index in [1.54, 1.807) is 0 Å². The lowest BCUT2D eigenvalue weighted by molar-refractivity contribution is 0.362. The topological polar surface area (TPSA) is 42.2 Å². The number of nitrogen functional groups attached to an aromatic ring is 1. The summed E-state index contributed by atoms with van der Waals surface area (Å²) < 4.78 is 0. The lowest BCUT2D eigenvalue weighted by atomic mass is 9.89. The van der Waals surface area contributed by atoms with Gasteiger partial charge in [0.25, 0.3) is 0 Å². The lowest BCUT2D eigenvalue weighted by Gasteiger charge is -2.29. The van der Waals surface area contributed by atoms with Crippen LogP contribution in [-0.2, 0) is 0 Å². The second kappa shape index (κ2) is 5.70. The highest BCUT2D eigenvalue weighted by Gasteiger charge is 2.17. The molecule has 20 heavy (non-hydrogen) atoms. The van der Waals surface area contributed by atoms with Gasteiger partial charge in [0.15, 0.2) is 0 Å². The molecule has 0 spiro atoms. The third kappa shape index (κ3) is 2.58. The van der Waals surface area contributed by atoms with E-state index >= 15 is 0 Å². The summed E-state index contributed by atoms with van der Waals surface area (Å²) in [7, 11) is 2.16. The van der Waals surface area contributed by atoms with Crippen molar-refractivity contribution in [3.05, 3.63) is 30.6 Å². The van der Waals surface area contributed by atoms with Gasteiger partial charge >= 0.3 is 0 Å². The fourth-order valence-corrected chi connectivity index (χ4v) is 3.37. The van der Waals surface area contributed by atoms with Crippen LogP contribution in [0.1, 0.15) is 32.1 Å². The van der Waals surface area contributed by atoms with Gasteiger partial charge in [0, 0.05) is 36.8 Å². The van der Waals surface area contributed by atoms with Crippen LogP contribution >= 0.6 is 0 Å². The van der Waals surface area contributed by atoms with Crippen molar-refractivity contribution in [1.29, 1.82) is 0 Å². The Hall–Kier alpha value is -1.77. The minimum Gasteiger partial charge on any atom is -0.397 e. The summed E-state index contributed by atoms with van der Waals surface area (Å²) in [6.07, 6.45) is 10.6. The number of aromatic nitrogens is 1. The molecular formula is C17H23N3. The number of fused-ring (bicyclic) bond motifs is 1. The molecule has 1 heterocycles. The Morgan fingerprint density at radius 2 is 2.00 bits per heavy atom. The van der Waals surface area contributed by atoms with E-state index in [1.165, 1.54) is 32.1 Å². The van der Waals surface area contributed by atoms with Gasteiger partial charge in [0.1, 0.15) is 0 Å². The van der Waals surface area contributed by atoms with Crippen LogP contribution in [0.15, 0.2) is 30.6 Å². The monoisotopic (exact) mass is 269 g/mol. The van der Waals surface area contributed by atoms with Crippen molar-refractivity contribution >= 4 is 22.1 Å². The number of anilines is 2. The molecule has 1 aromatic carbocycles. The largest absolute Gasteiger partial charge is 0.397 e. The van der Waals surface area contributed by atoms with E-state index in [-0.39, 0.29) is 0 Å². The molecule has 2 N–H and O–H groups in total. The molecule has 0 saturated heterocycles. The maximum absolute atomic E-state index is 6.36. The Kier molecular flexibility index (Phi) is 3.77. The highest BCUT2D eigenvalue weighted by atomic mass is 15.1. The first-order chi connectivity index (χ1) is 9.75. The number of pyridine rings is 1. The van der Waals surface area contributed by atoms with Crippen molar-refractivity contribution in [2.24, 2.45) is 5.92 Å². The molecule has 0 atom stereocenters. The molecule has 1 fully saturated rings. The Morgan fingerprint density at radius 3 is 2.80 bits per heavy atom. The second-order valence-electron chi connectivity index (χ2n) is 5.98. The van der Waals surface area contributed by atoms with Crippen molar-refractivity contribution in [2.45, 2.75) is 32.1 Å². The van der Waals surface area contributed by atoms with Gasteiger partial charge in [-0.2, -0.15) is 0 Å². The van der Waals surface area contributed by atoms with Crippen molar-refractivity contribution in [2.75, 3.05) is 24.2 Å². The zero-order valence-corrected chi connectivity index (χ0v) is 12.2. The quantitative estimate of drug-likeness (QED) is 0.861. The van der Waals surface area contributed by atoms with Gasteiger partial charge in [0.05, 0.1) is 11.4 Å². The maximum Gasteiger partial charge on any atom is 0.0632 e. The minimum atomic E-state index is 0.821. The molecule has 1 aromatic heterocycles. The number of rotatable bonds is 3. The predicted octanol–water partition coefficient (Wildman–Crippen LogP) is 3.83. The van der Waals surface area contributed by atoms with Crippen molar-refractivity contribution < 1.29 is 0 Å². The maximum atomic E-state index is 6.36. The number of hydrogen-bond donors (Lipinski definition) is 1. The van der Waals surface area contributed by atoms with E-state index in [4.69, 9.17) is 5.73 Å². The summed E-state index contributed by atoms with van der Waals surface area (Å²) in [5.41, 5.74) is 8.38. The number of hydrogen-bond acceptors (Lipinski definition) is 3. The van der Waals surface area contributed by atoms with E-state index in [2.05, 4.69) is 29.1 Å². The first kappa shape index (κ1) is 13.2. The van der Waals surface area contributed by atoms with Gasteiger partial charge < -0.3 is 10.6 Å². The van der Waals surface area contributed by atoms with Crippen LogP contribution in [0.25, 0.3) is 10.8 Å². The van der Waals surface area contributed by atoms with Crippen LogP contribution in [0, 0.1) is 5.92 Å². The molecule has 3 rings (SSSR count). The first-order valence-corrected chi connectivity index (χ1v) is 7.59. The molecule has 1 aliphatic carbocycles. The summed E-state index contributed by atoms with van der Waals surface area (Å²) in [4.78, 5) is 6.48. The molecule has 3 nitrogen and oxygen atoms in total. The highest BCUT2D eigenvalue weighted by molar-refractivity contribution is 5.98. The number of nitrogens with two attached hydrogens (primary N) is 1. The Balaban J connectivity index is 1.83. The molecule has 0 aliphatic heterocycles. The van der Waals surface area contributed by atoms with E-state index in [9.17, 15) is 0 Å². The zero-order valence-electron chi connectivity index (χ0n) is 12.2. The zero-order chi connectivity index (χ0) is 13.9. The Bertz CT molecular complexity index is 588. The fraction of sp³-hybridized carbons (Fsp3) is 0.471. The molecule has 3 heteroatoms. The predicted molar refractivity (Wildman–Crippen MR) is 86.0 cm³/mol. The Morgan fingerprint density at radius 1 is 1.20 bits per heavy atom. The van der Waals surface area contributed by atoms with Gasteiger partial charge in [-0.3, -0.25) is 4.98 Å². The van der Waals surface area contributed by atoms with Crippen LogP contribution in [0.2, 0.25) is 0 Å². The molecule has 1 aliphatic rings. The van der Waals surface area contributed by atoms with Gasteiger partial charge in [-0.15, -0.1) is 0 Å². The molecule has 1 saturated carbocycles. The summed E-state index contributed by atoms with van der Waals surface area (Å²) in [6.45, 7) is 1.11.